The molecule has 3 aromatic rings. The molecule has 0 unspecified atom stereocenters. The van der Waals surface area contributed by atoms with Crippen molar-refractivity contribution in [3.05, 3.63) is 60.2 Å². The second kappa shape index (κ2) is 9.09. The maximum Gasteiger partial charge on any atom is 0.239 e. The van der Waals surface area contributed by atoms with E-state index in [0.717, 1.165) is 35.5 Å². The zero-order chi connectivity index (χ0) is 22.9. The average molecular weight is 464 g/mol. The number of rotatable bonds is 4. The van der Waals surface area contributed by atoms with Crippen LogP contribution in [0.25, 0.3) is 11.4 Å². The first-order valence-corrected chi connectivity index (χ1v) is 12.3. The summed E-state index contributed by atoms with van der Waals surface area (Å²) >= 11 is 1.50. The predicted octanol–water partition coefficient (Wildman–Crippen LogP) is 4.50. The van der Waals surface area contributed by atoms with E-state index in [4.69, 9.17) is 4.74 Å². The number of hydrogen-bond donors (Lipinski definition) is 1. The standard InChI is InChI=1S/C25H29N5O2S/c1-16-8-7-9-17(2)29(16)24(31)22-21(18-12-14-20(32-3)15-13-18)28-30-23(26-27-25(30)33-22)19-10-5-4-6-11-19/h4-6,10-17,21-22,28H,7-9H2,1-3H3/t16-,17+,21-,22-/m0/s1. The Morgan fingerprint density at radius 3 is 2.39 bits per heavy atom. The van der Waals surface area contributed by atoms with Crippen LogP contribution in [-0.2, 0) is 4.79 Å². The zero-order valence-electron chi connectivity index (χ0n) is 19.1. The monoisotopic (exact) mass is 463 g/mol. The lowest BCUT2D eigenvalue weighted by molar-refractivity contribution is -0.137. The maximum absolute atomic E-state index is 14.0. The van der Waals surface area contributed by atoms with Gasteiger partial charge in [0.25, 0.3) is 0 Å². The van der Waals surface area contributed by atoms with Crippen LogP contribution in [0.2, 0.25) is 0 Å². The summed E-state index contributed by atoms with van der Waals surface area (Å²) in [4.78, 5) is 16.0. The third-order valence-electron chi connectivity index (χ3n) is 6.63. The highest BCUT2D eigenvalue weighted by atomic mass is 32.2. The van der Waals surface area contributed by atoms with Crippen LogP contribution in [0.4, 0.5) is 0 Å². The summed E-state index contributed by atoms with van der Waals surface area (Å²) in [6.45, 7) is 4.32. The number of benzene rings is 2. The van der Waals surface area contributed by atoms with Crippen molar-refractivity contribution < 1.29 is 9.53 Å². The van der Waals surface area contributed by atoms with E-state index in [9.17, 15) is 4.79 Å². The van der Waals surface area contributed by atoms with Gasteiger partial charge in [-0.2, -0.15) is 0 Å². The zero-order valence-corrected chi connectivity index (χ0v) is 20.0. The van der Waals surface area contributed by atoms with Gasteiger partial charge in [-0.1, -0.05) is 54.2 Å². The molecule has 1 fully saturated rings. The fraction of sp³-hybridized carbons (Fsp3) is 0.400. The summed E-state index contributed by atoms with van der Waals surface area (Å²) in [6, 6.07) is 18.1. The van der Waals surface area contributed by atoms with Gasteiger partial charge in [-0.25, -0.2) is 4.68 Å². The molecule has 1 N–H and O–H groups in total. The summed E-state index contributed by atoms with van der Waals surface area (Å²) in [5, 5.41) is 9.23. The molecule has 0 saturated carbocycles. The lowest BCUT2D eigenvalue weighted by Crippen LogP contribution is -2.53. The number of amides is 1. The second-order valence-electron chi connectivity index (χ2n) is 8.80. The Morgan fingerprint density at radius 2 is 1.73 bits per heavy atom. The normalized spacial score (nSPS) is 24.6. The van der Waals surface area contributed by atoms with Crippen molar-refractivity contribution >= 4 is 17.7 Å². The number of nitrogens with one attached hydrogen (secondary N) is 1. The number of methoxy groups -OCH3 is 1. The van der Waals surface area contributed by atoms with E-state index in [1.807, 2.05) is 59.3 Å². The van der Waals surface area contributed by atoms with Crippen molar-refractivity contribution in [1.82, 2.24) is 19.8 Å². The number of ether oxygens (including phenoxy) is 1. The van der Waals surface area contributed by atoms with Crippen LogP contribution >= 0.6 is 11.8 Å². The molecule has 1 amide bonds. The Bertz CT molecular complexity index is 1110. The SMILES string of the molecule is COc1ccc([C@@H]2Nn3c(nnc3-c3ccccc3)S[C@@H]2C(=O)N2[C@H](C)CCC[C@@H]2C)cc1. The third-order valence-corrected chi connectivity index (χ3v) is 7.84. The quantitative estimate of drug-likeness (QED) is 0.614. The minimum atomic E-state index is -0.346. The lowest BCUT2D eigenvalue weighted by atomic mass is 9.95. The summed E-state index contributed by atoms with van der Waals surface area (Å²) in [5.74, 6) is 1.68. The first-order chi connectivity index (χ1) is 16.1. The van der Waals surface area contributed by atoms with E-state index in [-0.39, 0.29) is 29.3 Å². The van der Waals surface area contributed by atoms with E-state index in [1.54, 1.807) is 7.11 Å². The van der Waals surface area contributed by atoms with Crippen LogP contribution in [0.5, 0.6) is 5.75 Å². The fourth-order valence-electron chi connectivity index (χ4n) is 4.88. The van der Waals surface area contributed by atoms with Gasteiger partial charge in [-0.05, 0) is 50.8 Å². The minimum absolute atomic E-state index is 0.156. The Balaban J connectivity index is 1.54. The molecular formula is C25H29N5O2S. The van der Waals surface area contributed by atoms with E-state index in [2.05, 4.69) is 34.4 Å². The molecule has 0 bridgehead atoms. The Morgan fingerprint density at radius 1 is 1.03 bits per heavy atom. The van der Waals surface area contributed by atoms with Crippen LogP contribution in [0.15, 0.2) is 59.8 Å². The van der Waals surface area contributed by atoms with Crippen molar-refractivity contribution in [2.45, 2.75) is 61.6 Å². The lowest BCUT2D eigenvalue weighted by Gasteiger charge is -2.43. The number of piperidine rings is 1. The van der Waals surface area contributed by atoms with Gasteiger partial charge in [0, 0.05) is 17.6 Å². The summed E-state index contributed by atoms with van der Waals surface area (Å²) in [5.41, 5.74) is 5.58. The van der Waals surface area contributed by atoms with Gasteiger partial charge in [-0.15, -0.1) is 10.2 Å². The number of carbonyl (C=O) groups is 1. The Hall–Kier alpha value is -3.00. The Kier molecular flexibility index (Phi) is 6.01. The van der Waals surface area contributed by atoms with Crippen LogP contribution < -0.4 is 10.2 Å². The number of nitrogens with zero attached hydrogens (tertiary/aromatic N) is 4. The van der Waals surface area contributed by atoms with E-state index >= 15 is 0 Å². The van der Waals surface area contributed by atoms with Crippen LogP contribution in [0.1, 0.15) is 44.7 Å². The van der Waals surface area contributed by atoms with Crippen LogP contribution in [0, 0.1) is 0 Å². The van der Waals surface area contributed by atoms with Crippen molar-refractivity contribution in [2.75, 3.05) is 12.5 Å². The molecule has 4 atom stereocenters. The highest BCUT2D eigenvalue weighted by Crippen LogP contribution is 2.41. The molecule has 5 rings (SSSR count). The topological polar surface area (TPSA) is 72.3 Å². The van der Waals surface area contributed by atoms with Gasteiger partial charge in [-0.3, -0.25) is 4.79 Å². The van der Waals surface area contributed by atoms with Gasteiger partial charge in [0.1, 0.15) is 11.0 Å². The molecule has 0 aliphatic carbocycles. The molecule has 1 aromatic heterocycles. The molecule has 0 radical (unpaired) electrons. The van der Waals surface area contributed by atoms with Crippen molar-refractivity contribution in [3.63, 3.8) is 0 Å². The molecule has 172 valence electrons. The molecule has 7 nitrogen and oxygen atoms in total. The molecule has 8 heteroatoms. The highest BCUT2D eigenvalue weighted by Gasteiger charge is 2.42. The molecule has 33 heavy (non-hydrogen) atoms. The summed E-state index contributed by atoms with van der Waals surface area (Å²) < 4.78 is 7.27. The summed E-state index contributed by atoms with van der Waals surface area (Å²) in [6.07, 6.45) is 3.25. The van der Waals surface area contributed by atoms with E-state index in [1.165, 1.54) is 18.2 Å². The largest absolute Gasteiger partial charge is 0.497 e. The predicted molar refractivity (Wildman–Crippen MR) is 130 cm³/mol. The smallest absolute Gasteiger partial charge is 0.239 e. The highest BCUT2D eigenvalue weighted by molar-refractivity contribution is 8.00. The number of aromatic nitrogens is 3. The fourth-order valence-corrected chi connectivity index (χ4v) is 6.02. The van der Waals surface area contributed by atoms with Gasteiger partial charge in [0.15, 0.2) is 5.82 Å². The van der Waals surface area contributed by atoms with Crippen molar-refractivity contribution in [1.29, 1.82) is 0 Å². The van der Waals surface area contributed by atoms with Gasteiger partial charge < -0.3 is 15.1 Å². The van der Waals surface area contributed by atoms with Gasteiger partial charge in [0.05, 0.1) is 13.2 Å². The molecular weight excluding hydrogens is 434 g/mol. The number of fused-ring (bicyclic) bond motifs is 1. The molecule has 3 heterocycles. The van der Waals surface area contributed by atoms with Crippen LogP contribution in [0.3, 0.4) is 0 Å². The molecule has 2 aromatic carbocycles. The second-order valence-corrected chi connectivity index (χ2v) is 9.91. The minimum Gasteiger partial charge on any atom is -0.497 e. The molecule has 2 aliphatic rings. The molecule has 1 saturated heterocycles. The van der Waals surface area contributed by atoms with Crippen molar-refractivity contribution in [2.24, 2.45) is 0 Å². The molecule has 2 aliphatic heterocycles. The first-order valence-electron chi connectivity index (χ1n) is 11.5. The van der Waals surface area contributed by atoms with Crippen LogP contribution in [-0.4, -0.2) is 50.1 Å². The van der Waals surface area contributed by atoms with Crippen molar-refractivity contribution in [3.8, 4) is 17.1 Å². The molecule has 0 spiro atoms. The average Bonchev–Trinajstić information content (AvgIpc) is 3.26. The number of thioether (sulfide) groups is 1. The van der Waals surface area contributed by atoms with Gasteiger partial charge in [0.2, 0.25) is 11.1 Å². The number of hydrogen-bond acceptors (Lipinski definition) is 6. The number of likely N-dealkylation sites (tertiary alicyclic amines) is 1. The first kappa shape index (κ1) is 21.8. The van der Waals surface area contributed by atoms with Gasteiger partial charge >= 0.3 is 0 Å². The van der Waals surface area contributed by atoms with E-state index < -0.39 is 0 Å². The maximum atomic E-state index is 14.0. The van der Waals surface area contributed by atoms with E-state index in [0.29, 0.717) is 5.16 Å². The third kappa shape index (κ3) is 4.08. The Labute approximate surface area is 198 Å². The number of carbonyl (C=O) groups excluding carboxylic acids is 1. The summed E-state index contributed by atoms with van der Waals surface area (Å²) in [7, 11) is 1.66.